The zero-order valence-corrected chi connectivity index (χ0v) is 19.7. The highest BCUT2D eigenvalue weighted by Gasteiger charge is 2.15. The molecule has 0 amide bonds. The topological polar surface area (TPSA) is 72.5 Å². The number of aromatic nitrogens is 5. The molecule has 0 saturated heterocycles. The molecule has 3 aromatic heterocycles. The molecule has 5 rings (SSSR count). The Kier molecular flexibility index (Phi) is 5.64. The molecule has 0 fully saturated rings. The molecule has 166 valence electrons. The normalized spacial score (nSPS) is 11.4. The van der Waals surface area contributed by atoms with Crippen LogP contribution in [0.15, 0.2) is 59.1 Å². The molecule has 0 aliphatic heterocycles. The van der Waals surface area contributed by atoms with Crippen molar-refractivity contribution in [3.63, 3.8) is 0 Å². The van der Waals surface area contributed by atoms with Crippen molar-refractivity contribution in [1.82, 2.24) is 24.7 Å². The molecule has 5 aromatic rings. The van der Waals surface area contributed by atoms with Gasteiger partial charge in [-0.25, -0.2) is 15.1 Å². The van der Waals surface area contributed by atoms with Gasteiger partial charge >= 0.3 is 4.84 Å². The van der Waals surface area contributed by atoms with Crippen LogP contribution in [0.1, 0.15) is 36.0 Å². The van der Waals surface area contributed by atoms with E-state index in [0.29, 0.717) is 5.82 Å². The van der Waals surface area contributed by atoms with E-state index in [4.69, 9.17) is 26.7 Å². The van der Waals surface area contributed by atoms with Gasteiger partial charge in [0, 0.05) is 17.7 Å². The van der Waals surface area contributed by atoms with Crippen LogP contribution in [-0.4, -0.2) is 24.7 Å². The summed E-state index contributed by atoms with van der Waals surface area (Å²) in [7, 11) is 0. The van der Waals surface area contributed by atoms with Crippen LogP contribution in [0, 0.1) is 18.7 Å². The molecule has 0 bridgehead atoms. The minimum absolute atomic E-state index is 0.199. The minimum Gasteiger partial charge on any atom is -0.348 e. The smallest absolute Gasteiger partial charge is 0.314 e. The van der Waals surface area contributed by atoms with Gasteiger partial charge in [-0.1, -0.05) is 55.5 Å². The second-order valence-corrected chi connectivity index (χ2v) is 8.64. The van der Waals surface area contributed by atoms with E-state index < -0.39 is 0 Å². The number of pyridine rings is 1. The standard InChI is InChI=1S/C26H25N5OS/c1-4-7-22-28-23-16(2)14-17(3)27-25(23)31(22)15-18-10-12-19(13-11-18)20-8-5-6-9-21(20)24-29-26(33)32-30-24/h5-6,8-14H,4,7,15H2,1-3H3,(H,29,30,33). The Hall–Kier alpha value is -3.58. The lowest BCUT2D eigenvalue weighted by molar-refractivity contribution is 0.406. The SMILES string of the molecule is CCCc1nc2c(C)cc(C)nc2n1Cc1ccc(-c2ccccc2-c2nc(=S)o[nH]2)cc1. The van der Waals surface area contributed by atoms with Crippen LogP contribution in [-0.2, 0) is 13.0 Å². The molecule has 0 unspecified atom stereocenters. The molecule has 1 N–H and O–H groups in total. The van der Waals surface area contributed by atoms with Gasteiger partial charge in [-0.3, -0.25) is 0 Å². The number of rotatable bonds is 6. The Balaban J connectivity index is 1.51. The molecule has 0 aliphatic carbocycles. The highest BCUT2D eigenvalue weighted by Crippen LogP contribution is 2.30. The van der Waals surface area contributed by atoms with E-state index in [1.165, 1.54) is 11.1 Å². The quantitative estimate of drug-likeness (QED) is 0.299. The number of aryl methyl sites for hydroxylation is 3. The van der Waals surface area contributed by atoms with Crippen molar-refractivity contribution < 1.29 is 4.52 Å². The van der Waals surface area contributed by atoms with Crippen molar-refractivity contribution in [3.05, 3.63) is 82.1 Å². The van der Waals surface area contributed by atoms with Gasteiger partial charge in [0.25, 0.3) is 0 Å². The highest BCUT2D eigenvalue weighted by molar-refractivity contribution is 7.71. The Morgan fingerprint density at radius 1 is 0.970 bits per heavy atom. The van der Waals surface area contributed by atoms with Crippen molar-refractivity contribution in [2.75, 3.05) is 0 Å². The number of nitrogens with one attached hydrogen (secondary N) is 1. The average molecular weight is 456 g/mol. The highest BCUT2D eigenvalue weighted by atomic mass is 32.1. The molecule has 7 heteroatoms. The van der Waals surface area contributed by atoms with Gasteiger partial charge in [0.15, 0.2) is 11.5 Å². The van der Waals surface area contributed by atoms with Gasteiger partial charge in [0.1, 0.15) is 11.3 Å². The predicted molar refractivity (Wildman–Crippen MR) is 133 cm³/mol. The fourth-order valence-corrected chi connectivity index (χ4v) is 4.42. The van der Waals surface area contributed by atoms with Crippen LogP contribution in [0.2, 0.25) is 0 Å². The first kappa shape index (κ1) is 21.3. The molecule has 0 spiro atoms. The summed E-state index contributed by atoms with van der Waals surface area (Å²) in [5.41, 5.74) is 8.48. The zero-order valence-electron chi connectivity index (χ0n) is 18.9. The number of H-pyrrole nitrogens is 1. The van der Waals surface area contributed by atoms with E-state index in [-0.39, 0.29) is 4.84 Å². The maximum Gasteiger partial charge on any atom is 0.314 e. The fourth-order valence-electron chi connectivity index (χ4n) is 4.29. The van der Waals surface area contributed by atoms with Crippen molar-refractivity contribution in [2.24, 2.45) is 0 Å². The molecule has 2 aromatic carbocycles. The number of benzene rings is 2. The third-order valence-electron chi connectivity index (χ3n) is 5.80. The molecule has 0 radical (unpaired) electrons. The first-order chi connectivity index (χ1) is 16.0. The molecular weight excluding hydrogens is 430 g/mol. The molecule has 33 heavy (non-hydrogen) atoms. The van der Waals surface area contributed by atoms with E-state index in [1.807, 2.05) is 25.1 Å². The summed E-state index contributed by atoms with van der Waals surface area (Å²) in [5.74, 6) is 1.72. The predicted octanol–water partition coefficient (Wildman–Crippen LogP) is 6.43. The number of fused-ring (bicyclic) bond motifs is 1. The van der Waals surface area contributed by atoms with Crippen LogP contribution in [0.25, 0.3) is 33.7 Å². The van der Waals surface area contributed by atoms with Crippen molar-refractivity contribution in [3.8, 4) is 22.5 Å². The van der Waals surface area contributed by atoms with Gasteiger partial charge in [-0.2, -0.15) is 4.98 Å². The number of hydrogen-bond acceptors (Lipinski definition) is 5. The molecule has 0 saturated carbocycles. The largest absolute Gasteiger partial charge is 0.348 e. The summed E-state index contributed by atoms with van der Waals surface area (Å²) < 4.78 is 7.40. The second-order valence-electron chi connectivity index (χ2n) is 8.29. The lowest BCUT2D eigenvalue weighted by atomic mass is 9.98. The molecule has 3 heterocycles. The maximum atomic E-state index is 5.13. The summed E-state index contributed by atoms with van der Waals surface area (Å²) in [5, 5.41) is 2.81. The van der Waals surface area contributed by atoms with E-state index >= 15 is 0 Å². The van der Waals surface area contributed by atoms with Crippen molar-refractivity contribution in [2.45, 2.75) is 40.2 Å². The Morgan fingerprint density at radius 2 is 1.73 bits per heavy atom. The lowest BCUT2D eigenvalue weighted by Crippen LogP contribution is -2.06. The average Bonchev–Trinajstić information content (AvgIpc) is 3.39. The number of aromatic amines is 1. The Labute approximate surface area is 197 Å². The van der Waals surface area contributed by atoms with Gasteiger partial charge in [-0.15, -0.1) is 0 Å². The molecule has 0 atom stereocenters. The van der Waals surface area contributed by atoms with Gasteiger partial charge in [0.2, 0.25) is 0 Å². The third-order valence-corrected chi connectivity index (χ3v) is 5.98. The van der Waals surface area contributed by atoms with Crippen molar-refractivity contribution in [1.29, 1.82) is 0 Å². The van der Waals surface area contributed by atoms with E-state index in [2.05, 4.69) is 65.0 Å². The molecule has 6 nitrogen and oxygen atoms in total. The van der Waals surface area contributed by atoms with Crippen LogP contribution in [0.4, 0.5) is 0 Å². The van der Waals surface area contributed by atoms with E-state index in [9.17, 15) is 0 Å². The van der Waals surface area contributed by atoms with Gasteiger partial charge in [0.05, 0.1) is 6.54 Å². The van der Waals surface area contributed by atoms with Crippen LogP contribution in [0.3, 0.4) is 0 Å². The van der Waals surface area contributed by atoms with Crippen LogP contribution in [0.5, 0.6) is 0 Å². The third kappa shape index (κ3) is 4.12. The Morgan fingerprint density at radius 3 is 2.42 bits per heavy atom. The maximum absolute atomic E-state index is 5.13. The Bertz CT molecular complexity index is 1490. The number of imidazole rings is 1. The number of hydrogen-bond donors (Lipinski definition) is 1. The van der Waals surface area contributed by atoms with Crippen molar-refractivity contribution >= 4 is 23.4 Å². The van der Waals surface area contributed by atoms with E-state index in [1.54, 1.807) is 0 Å². The zero-order chi connectivity index (χ0) is 22.9. The summed E-state index contributed by atoms with van der Waals surface area (Å²) in [6.45, 7) is 7.07. The lowest BCUT2D eigenvalue weighted by Gasteiger charge is -2.11. The summed E-state index contributed by atoms with van der Waals surface area (Å²) in [6.07, 6.45) is 1.97. The molecular formula is C26H25N5OS. The van der Waals surface area contributed by atoms with Crippen LogP contribution < -0.4 is 0 Å². The molecule has 0 aliphatic rings. The van der Waals surface area contributed by atoms with E-state index in [0.717, 1.165) is 58.8 Å². The first-order valence-corrected chi connectivity index (χ1v) is 11.5. The van der Waals surface area contributed by atoms with Gasteiger partial charge in [-0.05, 0) is 60.8 Å². The monoisotopic (exact) mass is 455 g/mol. The summed E-state index contributed by atoms with van der Waals surface area (Å²) in [6, 6.07) is 18.8. The summed E-state index contributed by atoms with van der Waals surface area (Å²) in [4.78, 5) is 14.2. The fraction of sp³-hybridized carbons (Fsp3) is 0.231. The first-order valence-electron chi connectivity index (χ1n) is 11.1. The van der Waals surface area contributed by atoms with Gasteiger partial charge < -0.3 is 9.09 Å². The summed E-state index contributed by atoms with van der Waals surface area (Å²) >= 11 is 5.02. The minimum atomic E-state index is 0.199. The van der Waals surface area contributed by atoms with Crippen LogP contribution >= 0.6 is 12.2 Å². The number of nitrogens with zero attached hydrogens (tertiary/aromatic N) is 4. The second kappa shape index (κ2) is 8.75.